The molecule has 1 rings (SSSR count). The van der Waals surface area contributed by atoms with E-state index in [1.807, 2.05) is 0 Å². The molecule has 0 radical (unpaired) electrons. The third-order valence-electron chi connectivity index (χ3n) is 1.07. The maximum atomic E-state index is 10.9. The number of rotatable bonds is 2. The third kappa shape index (κ3) is 1.81. The molecular formula is C7H4Br2O2. The lowest BCUT2D eigenvalue weighted by Crippen LogP contribution is -1.88. The van der Waals surface area contributed by atoms with Crippen molar-refractivity contribution in [2.75, 3.05) is 0 Å². The van der Waals surface area contributed by atoms with Gasteiger partial charge in [-0.1, -0.05) is 6.58 Å². The number of halogens is 2. The predicted molar refractivity (Wildman–Crippen MR) is 48.6 cm³/mol. The SMILES string of the molecule is C=CC(=O)c1cc(Br)c(Br)o1. The lowest BCUT2D eigenvalue weighted by molar-refractivity contribution is 0.102. The fraction of sp³-hybridized carbons (Fsp3) is 0. The van der Waals surface area contributed by atoms with Crippen LogP contribution in [0.3, 0.4) is 0 Å². The lowest BCUT2D eigenvalue weighted by atomic mass is 10.3. The van der Waals surface area contributed by atoms with Crippen molar-refractivity contribution in [2.45, 2.75) is 0 Å². The molecule has 1 aromatic heterocycles. The Kier molecular flexibility index (Phi) is 2.67. The summed E-state index contributed by atoms with van der Waals surface area (Å²) in [4.78, 5) is 10.9. The highest BCUT2D eigenvalue weighted by atomic mass is 79.9. The Morgan fingerprint density at radius 3 is 2.64 bits per heavy atom. The van der Waals surface area contributed by atoms with Gasteiger partial charge < -0.3 is 4.42 Å². The second kappa shape index (κ2) is 3.36. The van der Waals surface area contributed by atoms with Crippen LogP contribution in [0.5, 0.6) is 0 Å². The van der Waals surface area contributed by atoms with Gasteiger partial charge in [0.15, 0.2) is 10.4 Å². The molecule has 0 N–H and O–H groups in total. The number of carbonyl (C=O) groups is 1. The number of hydrogen-bond acceptors (Lipinski definition) is 2. The zero-order valence-corrected chi connectivity index (χ0v) is 8.61. The molecule has 0 aliphatic heterocycles. The Bertz CT molecular complexity index is 282. The molecule has 0 unspecified atom stereocenters. The Labute approximate surface area is 80.5 Å². The quantitative estimate of drug-likeness (QED) is 0.615. The summed E-state index contributed by atoms with van der Waals surface area (Å²) in [6.07, 6.45) is 1.21. The van der Waals surface area contributed by atoms with Crippen LogP contribution in [-0.2, 0) is 0 Å². The summed E-state index contributed by atoms with van der Waals surface area (Å²) in [5, 5.41) is 0. The molecule has 1 heterocycles. The molecule has 2 nitrogen and oxygen atoms in total. The molecule has 1 aromatic rings. The fourth-order valence-corrected chi connectivity index (χ4v) is 1.15. The monoisotopic (exact) mass is 278 g/mol. The van der Waals surface area contributed by atoms with Gasteiger partial charge in [-0.05, 0) is 37.9 Å². The van der Waals surface area contributed by atoms with Crippen LogP contribution in [-0.4, -0.2) is 5.78 Å². The first-order chi connectivity index (χ1) is 5.15. The molecule has 0 aromatic carbocycles. The number of hydrogen-bond donors (Lipinski definition) is 0. The van der Waals surface area contributed by atoms with Crippen molar-refractivity contribution < 1.29 is 9.21 Å². The maximum Gasteiger partial charge on any atom is 0.220 e. The van der Waals surface area contributed by atoms with Gasteiger partial charge in [0.25, 0.3) is 0 Å². The van der Waals surface area contributed by atoms with E-state index in [2.05, 4.69) is 38.4 Å². The Morgan fingerprint density at radius 1 is 1.64 bits per heavy atom. The van der Waals surface area contributed by atoms with E-state index in [1.165, 1.54) is 6.08 Å². The largest absolute Gasteiger partial charge is 0.445 e. The van der Waals surface area contributed by atoms with Gasteiger partial charge in [0, 0.05) is 6.07 Å². The van der Waals surface area contributed by atoms with E-state index in [1.54, 1.807) is 6.07 Å². The van der Waals surface area contributed by atoms with Crippen LogP contribution in [0.15, 0.2) is 32.3 Å². The summed E-state index contributed by atoms with van der Waals surface area (Å²) in [6, 6.07) is 1.59. The van der Waals surface area contributed by atoms with E-state index in [4.69, 9.17) is 4.42 Å². The highest BCUT2D eigenvalue weighted by Crippen LogP contribution is 2.26. The van der Waals surface area contributed by atoms with Gasteiger partial charge in [-0.25, -0.2) is 0 Å². The van der Waals surface area contributed by atoms with Crippen LogP contribution in [0, 0.1) is 0 Å². The second-order valence-electron chi connectivity index (χ2n) is 1.80. The van der Waals surface area contributed by atoms with E-state index < -0.39 is 0 Å². The summed E-state index contributed by atoms with van der Waals surface area (Å²) in [6.45, 7) is 3.34. The van der Waals surface area contributed by atoms with Crippen molar-refractivity contribution >= 4 is 37.6 Å². The van der Waals surface area contributed by atoms with Gasteiger partial charge in [-0.3, -0.25) is 4.79 Å². The van der Waals surface area contributed by atoms with Gasteiger partial charge >= 0.3 is 0 Å². The predicted octanol–water partition coefficient (Wildman–Crippen LogP) is 3.17. The van der Waals surface area contributed by atoms with Crippen molar-refractivity contribution in [2.24, 2.45) is 0 Å². The second-order valence-corrected chi connectivity index (χ2v) is 3.38. The molecule has 0 amide bonds. The molecule has 4 heteroatoms. The van der Waals surface area contributed by atoms with Crippen molar-refractivity contribution in [3.8, 4) is 0 Å². The van der Waals surface area contributed by atoms with E-state index in [-0.39, 0.29) is 11.5 Å². The van der Waals surface area contributed by atoms with Crippen LogP contribution >= 0.6 is 31.9 Å². The molecule has 58 valence electrons. The zero-order chi connectivity index (χ0) is 8.43. The van der Waals surface area contributed by atoms with Crippen molar-refractivity contribution in [3.63, 3.8) is 0 Å². The summed E-state index contributed by atoms with van der Waals surface area (Å²) in [5.74, 6) is 0.0511. The molecular weight excluding hydrogens is 276 g/mol. The standard InChI is InChI=1S/C7H4Br2O2/c1-2-5(10)6-3-4(8)7(9)11-6/h2-3H,1H2. The molecule has 0 aliphatic carbocycles. The van der Waals surface area contributed by atoms with E-state index in [0.29, 0.717) is 4.67 Å². The van der Waals surface area contributed by atoms with Crippen LogP contribution < -0.4 is 0 Å². The molecule has 0 fully saturated rings. The number of furan rings is 1. The smallest absolute Gasteiger partial charge is 0.220 e. The molecule has 11 heavy (non-hydrogen) atoms. The first kappa shape index (κ1) is 8.74. The Balaban J connectivity index is 3.06. The molecule has 0 atom stereocenters. The molecule has 0 bridgehead atoms. The van der Waals surface area contributed by atoms with Gasteiger partial charge in [0.1, 0.15) is 0 Å². The zero-order valence-electron chi connectivity index (χ0n) is 5.43. The maximum absolute atomic E-state index is 10.9. The number of allylic oxidation sites excluding steroid dienone is 1. The number of ketones is 1. The van der Waals surface area contributed by atoms with E-state index in [9.17, 15) is 4.79 Å². The summed E-state index contributed by atoms with van der Waals surface area (Å²) < 4.78 is 6.26. The minimum absolute atomic E-state index is 0.226. The fourth-order valence-electron chi connectivity index (χ4n) is 0.569. The van der Waals surface area contributed by atoms with E-state index >= 15 is 0 Å². The van der Waals surface area contributed by atoms with Gasteiger partial charge in [0.2, 0.25) is 5.78 Å². The minimum Gasteiger partial charge on any atom is -0.445 e. The number of carbonyl (C=O) groups excluding carboxylic acids is 1. The third-order valence-corrected chi connectivity index (χ3v) is 2.78. The molecule has 0 saturated heterocycles. The highest BCUT2D eigenvalue weighted by Gasteiger charge is 2.10. The molecule has 0 saturated carbocycles. The average Bonchev–Trinajstić information content (AvgIpc) is 2.31. The lowest BCUT2D eigenvalue weighted by Gasteiger charge is -1.83. The summed E-state index contributed by atoms with van der Waals surface area (Å²) >= 11 is 6.30. The van der Waals surface area contributed by atoms with Crippen molar-refractivity contribution in [1.29, 1.82) is 0 Å². The average molecular weight is 280 g/mol. The molecule has 0 spiro atoms. The van der Waals surface area contributed by atoms with Crippen LogP contribution in [0.1, 0.15) is 10.6 Å². The topological polar surface area (TPSA) is 30.2 Å². The minimum atomic E-state index is -0.226. The summed E-state index contributed by atoms with van der Waals surface area (Å²) in [5.41, 5.74) is 0. The van der Waals surface area contributed by atoms with Gasteiger partial charge in [-0.15, -0.1) is 0 Å². The van der Waals surface area contributed by atoms with Gasteiger partial charge in [0.05, 0.1) is 4.47 Å². The summed E-state index contributed by atoms with van der Waals surface area (Å²) in [7, 11) is 0. The first-order valence-electron chi connectivity index (χ1n) is 2.76. The Hall–Kier alpha value is -0.350. The van der Waals surface area contributed by atoms with Crippen LogP contribution in [0.25, 0.3) is 0 Å². The Morgan fingerprint density at radius 2 is 2.27 bits per heavy atom. The van der Waals surface area contributed by atoms with Crippen LogP contribution in [0.4, 0.5) is 0 Å². The van der Waals surface area contributed by atoms with Gasteiger partial charge in [-0.2, -0.15) is 0 Å². The highest BCUT2D eigenvalue weighted by molar-refractivity contribution is 9.13. The normalized spacial score (nSPS) is 9.64. The van der Waals surface area contributed by atoms with Crippen LogP contribution in [0.2, 0.25) is 0 Å². The first-order valence-corrected chi connectivity index (χ1v) is 4.35. The molecule has 0 aliphatic rings. The van der Waals surface area contributed by atoms with E-state index in [0.717, 1.165) is 4.47 Å². The van der Waals surface area contributed by atoms with Crippen molar-refractivity contribution in [1.82, 2.24) is 0 Å². The van der Waals surface area contributed by atoms with Crippen molar-refractivity contribution in [3.05, 3.63) is 33.6 Å².